The first-order chi connectivity index (χ1) is 10.2. The molecule has 0 saturated carbocycles. The highest BCUT2D eigenvalue weighted by Crippen LogP contribution is 2.26. The molecule has 0 amide bonds. The number of nitrogens with zero attached hydrogens (tertiary/aromatic N) is 2. The first kappa shape index (κ1) is 14.6. The van der Waals surface area contributed by atoms with E-state index in [0.717, 1.165) is 10.0 Å². The Balaban J connectivity index is 1.59. The summed E-state index contributed by atoms with van der Waals surface area (Å²) in [5.41, 5.74) is 0.0739. The van der Waals surface area contributed by atoms with Gasteiger partial charge in [0.05, 0.1) is 18.7 Å². The second-order valence-corrected chi connectivity index (χ2v) is 5.97. The third kappa shape index (κ3) is 3.49. The predicted molar refractivity (Wildman–Crippen MR) is 79.5 cm³/mol. The Hall–Kier alpha value is -1.28. The smallest absolute Gasteiger partial charge is 0.248 e. The Kier molecular flexibility index (Phi) is 4.34. The molecule has 0 radical (unpaired) electrons. The highest BCUT2D eigenvalue weighted by Gasteiger charge is 2.31. The average molecular weight is 354 g/mol. The summed E-state index contributed by atoms with van der Waals surface area (Å²) in [6, 6.07) is 7.68. The van der Waals surface area contributed by atoms with Gasteiger partial charge >= 0.3 is 0 Å². The monoisotopic (exact) mass is 353 g/mol. The van der Waals surface area contributed by atoms with Gasteiger partial charge in [-0.05, 0) is 28.1 Å². The van der Waals surface area contributed by atoms with Crippen molar-refractivity contribution in [3.05, 3.63) is 34.6 Å². The number of ether oxygens (including phenoxy) is 1. The average Bonchev–Trinajstić information content (AvgIpc) is 3.09. The van der Waals surface area contributed by atoms with E-state index in [1.165, 1.54) is 0 Å². The van der Waals surface area contributed by atoms with Gasteiger partial charge in [0.15, 0.2) is 0 Å². The molecule has 1 fully saturated rings. The molecule has 2 N–H and O–H groups in total. The third-order valence-corrected chi connectivity index (χ3v) is 4.08. The third-order valence-electron chi connectivity index (χ3n) is 3.38. The summed E-state index contributed by atoms with van der Waals surface area (Å²) in [7, 11) is 0. The molecule has 2 heterocycles. The van der Waals surface area contributed by atoms with E-state index < -0.39 is 5.60 Å². The summed E-state index contributed by atoms with van der Waals surface area (Å²) in [6.07, 6.45) is 0.645. The molecule has 21 heavy (non-hydrogen) atoms. The number of halogens is 1. The Morgan fingerprint density at radius 1 is 1.33 bits per heavy atom. The molecule has 7 heteroatoms. The fourth-order valence-corrected chi connectivity index (χ4v) is 2.66. The van der Waals surface area contributed by atoms with E-state index in [0.29, 0.717) is 44.5 Å². The Labute approximate surface area is 130 Å². The fraction of sp³-hybridized carbons (Fsp3) is 0.429. The van der Waals surface area contributed by atoms with Crippen molar-refractivity contribution in [3.63, 3.8) is 0 Å². The molecule has 1 aromatic carbocycles. The number of hydrogen-bond donors (Lipinski definition) is 2. The van der Waals surface area contributed by atoms with Crippen LogP contribution in [0.1, 0.15) is 12.3 Å². The molecule has 3 rings (SSSR count). The van der Waals surface area contributed by atoms with E-state index in [4.69, 9.17) is 9.15 Å². The lowest BCUT2D eigenvalue weighted by Crippen LogP contribution is -2.40. The van der Waals surface area contributed by atoms with E-state index in [1.807, 2.05) is 24.3 Å². The van der Waals surface area contributed by atoms with Gasteiger partial charge in [-0.1, -0.05) is 12.1 Å². The summed E-state index contributed by atoms with van der Waals surface area (Å²) in [4.78, 5) is 0. The van der Waals surface area contributed by atoms with Crippen LogP contribution < -0.4 is 5.32 Å². The minimum Gasteiger partial charge on any atom is -0.419 e. The molecule has 1 aliphatic rings. The highest BCUT2D eigenvalue weighted by molar-refractivity contribution is 9.10. The van der Waals surface area contributed by atoms with Crippen molar-refractivity contribution in [3.8, 4) is 11.5 Å². The summed E-state index contributed by atoms with van der Waals surface area (Å²) < 4.78 is 11.7. The molecule has 1 unspecified atom stereocenters. The Morgan fingerprint density at radius 3 is 2.95 bits per heavy atom. The largest absolute Gasteiger partial charge is 0.419 e. The van der Waals surface area contributed by atoms with Crippen LogP contribution in [0.4, 0.5) is 0 Å². The van der Waals surface area contributed by atoms with Crippen molar-refractivity contribution < 1.29 is 14.3 Å². The van der Waals surface area contributed by atoms with Crippen LogP contribution in [0.2, 0.25) is 0 Å². The van der Waals surface area contributed by atoms with Crippen molar-refractivity contribution >= 4 is 15.9 Å². The standard InChI is InChI=1S/C14H16BrN3O3/c15-11-4-2-1-3-10(11)13-18-17-12(21-13)7-16-8-14(19)5-6-20-9-14/h1-4,16,19H,5-9H2. The van der Waals surface area contributed by atoms with Crippen molar-refractivity contribution in [1.82, 2.24) is 15.5 Å². The van der Waals surface area contributed by atoms with Crippen LogP contribution in [0, 0.1) is 0 Å². The molecule has 1 aromatic heterocycles. The predicted octanol–water partition coefficient (Wildman–Crippen LogP) is 1.74. The molecular weight excluding hydrogens is 338 g/mol. The zero-order valence-electron chi connectivity index (χ0n) is 11.4. The summed E-state index contributed by atoms with van der Waals surface area (Å²) in [6.45, 7) is 1.83. The number of aliphatic hydroxyl groups is 1. The number of aromatic nitrogens is 2. The quantitative estimate of drug-likeness (QED) is 0.852. The first-order valence-corrected chi connectivity index (χ1v) is 7.54. The van der Waals surface area contributed by atoms with Gasteiger partial charge in [-0.2, -0.15) is 0 Å². The molecular formula is C14H16BrN3O3. The molecule has 112 valence electrons. The molecule has 0 spiro atoms. The number of hydrogen-bond acceptors (Lipinski definition) is 6. The van der Waals surface area contributed by atoms with E-state index in [1.54, 1.807) is 0 Å². The first-order valence-electron chi connectivity index (χ1n) is 6.74. The number of benzene rings is 1. The van der Waals surface area contributed by atoms with Gasteiger partial charge in [-0.15, -0.1) is 10.2 Å². The van der Waals surface area contributed by atoms with Gasteiger partial charge in [0.1, 0.15) is 5.60 Å². The number of rotatable bonds is 5. The minimum atomic E-state index is -0.786. The highest BCUT2D eigenvalue weighted by atomic mass is 79.9. The summed E-state index contributed by atoms with van der Waals surface area (Å²) in [5, 5.41) is 21.3. The molecule has 0 aliphatic carbocycles. The zero-order valence-corrected chi connectivity index (χ0v) is 13.0. The normalized spacial score (nSPS) is 21.8. The van der Waals surface area contributed by atoms with E-state index in [9.17, 15) is 5.11 Å². The maximum absolute atomic E-state index is 10.1. The maximum Gasteiger partial charge on any atom is 0.248 e. The van der Waals surface area contributed by atoms with Gasteiger partial charge in [-0.25, -0.2) is 0 Å². The van der Waals surface area contributed by atoms with Crippen LogP contribution in [0.3, 0.4) is 0 Å². The molecule has 1 aliphatic heterocycles. The summed E-state index contributed by atoms with van der Waals surface area (Å²) >= 11 is 3.46. The second-order valence-electron chi connectivity index (χ2n) is 5.11. The minimum absolute atomic E-state index is 0.367. The van der Waals surface area contributed by atoms with Gasteiger partial charge in [0.25, 0.3) is 0 Å². The molecule has 6 nitrogen and oxygen atoms in total. The van der Waals surface area contributed by atoms with Crippen LogP contribution in [0.25, 0.3) is 11.5 Å². The molecule has 0 bridgehead atoms. The fourth-order valence-electron chi connectivity index (χ4n) is 2.21. The second kappa shape index (κ2) is 6.23. The van der Waals surface area contributed by atoms with Gasteiger partial charge in [0, 0.05) is 24.0 Å². The van der Waals surface area contributed by atoms with Crippen LogP contribution in [-0.4, -0.2) is 40.7 Å². The lowest BCUT2D eigenvalue weighted by atomic mass is 10.0. The summed E-state index contributed by atoms with van der Waals surface area (Å²) in [5.74, 6) is 0.963. The lowest BCUT2D eigenvalue weighted by Gasteiger charge is -2.19. The van der Waals surface area contributed by atoms with Crippen molar-refractivity contribution in [2.45, 2.75) is 18.6 Å². The number of nitrogens with one attached hydrogen (secondary N) is 1. The SMILES string of the molecule is OC1(CNCc2nnc(-c3ccccc3Br)o2)CCOC1. The van der Waals surface area contributed by atoms with Crippen LogP contribution in [0.5, 0.6) is 0 Å². The Morgan fingerprint density at radius 2 is 2.19 bits per heavy atom. The van der Waals surface area contributed by atoms with Crippen LogP contribution in [0.15, 0.2) is 33.2 Å². The topological polar surface area (TPSA) is 80.4 Å². The van der Waals surface area contributed by atoms with Gasteiger partial charge in [-0.3, -0.25) is 0 Å². The Bertz CT molecular complexity index is 611. The lowest BCUT2D eigenvalue weighted by molar-refractivity contribution is 0.0264. The zero-order chi connectivity index (χ0) is 14.7. The van der Waals surface area contributed by atoms with Crippen molar-refractivity contribution in [2.24, 2.45) is 0 Å². The van der Waals surface area contributed by atoms with E-state index in [2.05, 4.69) is 31.4 Å². The maximum atomic E-state index is 10.1. The molecule has 1 saturated heterocycles. The van der Waals surface area contributed by atoms with Crippen LogP contribution >= 0.6 is 15.9 Å². The van der Waals surface area contributed by atoms with Gasteiger partial charge < -0.3 is 19.6 Å². The molecule has 2 aromatic rings. The van der Waals surface area contributed by atoms with Crippen molar-refractivity contribution in [2.75, 3.05) is 19.8 Å². The van der Waals surface area contributed by atoms with E-state index in [-0.39, 0.29) is 0 Å². The van der Waals surface area contributed by atoms with Crippen LogP contribution in [-0.2, 0) is 11.3 Å². The molecule has 1 atom stereocenters. The van der Waals surface area contributed by atoms with E-state index >= 15 is 0 Å². The van der Waals surface area contributed by atoms with Crippen molar-refractivity contribution in [1.29, 1.82) is 0 Å². The van der Waals surface area contributed by atoms with Gasteiger partial charge in [0.2, 0.25) is 11.8 Å².